The molecule has 0 aromatic rings. The first-order valence-electron chi connectivity index (χ1n) is 6.10. The van der Waals surface area contributed by atoms with Gasteiger partial charge in [-0.3, -0.25) is 10.6 Å². The molecule has 0 spiro atoms. The first-order chi connectivity index (χ1) is 8.56. The average Bonchev–Trinajstić information content (AvgIpc) is 2.35. The van der Waals surface area contributed by atoms with Crippen LogP contribution in [0.4, 0.5) is 0 Å². The second kappa shape index (κ2) is 6.86. The number of nitrogens with one attached hydrogen (secondary N) is 2. The largest absolute Gasteiger partial charge is 0.503 e. The second-order valence-corrected chi connectivity index (χ2v) is 4.53. The van der Waals surface area contributed by atoms with Gasteiger partial charge in [-0.1, -0.05) is 19.6 Å². The van der Waals surface area contributed by atoms with Crippen LogP contribution in [0.1, 0.15) is 26.2 Å². The number of hydrogen-bond acceptors (Lipinski definition) is 5. The SMILES string of the molecule is C=C1NC[C@H](C)CCC/C=C\C(=O)C(O)=C1NN. The molecule has 100 valence electrons. The van der Waals surface area contributed by atoms with Crippen molar-refractivity contribution < 1.29 is 9.90 Å². The molecule has 0 aromatic heterocycles. The Morgan fingerprint density at radius 1 is 1.61 bits per heavy atom. The molecule has 0 saturated heterocycles. The van der Waals surface area contributed by atoms with E-state index in [0.29, 0.717) is 11.6 Å². The van der Waals surface area contributed by atoms with Gasteiger partial charge in [0, 0.05) is 6.54 Å². The number of hydrazine groups is 1. The molecule has 0 unspecified atom stereocenters. The topological polar surface area (TPSA) is 87.4 Å². The van der Waals surface area contributed by atoms with Crippen LogP contribution in [-0.2, 0) is 4.79 Å². The van der Waals surface area contributed by atoms with Crippen LogP contribution in [0.5, 0.6) is 0 Å². The molecule has 0 aromatic carbocycles. The molecule has 0 aliphatic carbocycles. The standard InChI is InChI=1S/C13H21N3O2/c1-9-6-4-3-5-7-11(17)13(18)12(16-14)10(2)15-8-9/h5,7,9,15-16,18H,2-4,6,8,14H2,1H3/b7-5-,13-12?/t9-/m1/s1. The van der Waals surface area contributed by atoms with Gasteiger partial charge in [0.15, 0.2) is 5.76 Å². The molecule has 0 bridgehead atoms. The highest BCUT2D eigenvalue weighted by molar-refractivity contribution is 6.02. The zero-order chi connectivity index (χ0) is 13.5. The van der Waals surface area contributed by atoms with Gasteiger partial charge in [0.25, 0.3) is 0 Å². The first kappa shape index (κ1) is 14.3. The Morgan fingerprint density at radius 3 is 3.00 bits per heavy atom. The summed E-state index contributed by atoms with van der Waals surface area (Å²) in [6.45, 7) is 6.64. The zero-order valence-electron chi connectivity index (χ0n) is 10.7. The van der Waals surface area contributed by atoms with Crippen LogP contribution in [0, 0.1) is 5.92 Å². The Labute approximate surface area is 107 Å². The third-order valence-electron chi connectivity index (χ3n) is 2.92. The Bertz CT molecular complexity index is 386. The molecule has 18 heavy (non-hydrogen) atoms. The van der Waals surface area contributed by atoms with E-state index in [4.69, 9.17) is 5.84 Å². The normalized spacial score (nSPS) is 24.9. The number of allylic oxidation sites excluding steroid dienone is 2. The highest BCUT2D eigenvalue weighted by Crippen LogP contribution is 2.12. The van der Waals surface area contributed by atoms with Crippen molar-refractivity contribution in [3.8, 4) is 0 Å². The molecule has 0 amide bonds. The van der Waals surface area contributed by atoms with Crippen LogP contribution in [0.3, 0.4) is 0 Å². The van der Waals surface area contributed by atoms with Crippen molar-refractivity contribution in [1.29, 1.82) is 0 Å². The summed E-state index contributed by atoms with van der Waals surface area (Å²) in [5.41, 5.74) is 2.87. The number of rotatable bonds is 1. The van der Waals surface area contributed by atoms with Gasteiger partial charge in [0.1, 0.15) is 5.70 Å². The van der Waals surface area contributed by atoms with E-state index in [2.05, 4.69) is 24.2 Å². The van der Waals surface area contributed by atoms with Crippen molar-refractivity contribution in [2.45, 2.75) is 26.2 Å². The summed E-state index contributed by atoms with van der Waals surface area (Å²) >= 11 is 0. The van der Waals surface area contributed by atoms with Crippen LogP contribution in [-0.4, -0.2) is 17.4 Å². The number of nitrogens with two attached hydrogens (primary N) is 1. The van der Waals surface area contributed by atoms with Gasteiger partial charge in [-0.15, -0.1) is 0 Å². The fraction of sp³-hybridized carbons (Fsp3) is 0.462. The smallest absolute Gasteiger partial charge is 0.222 e. The van der Waals surface area contributed by atoms with Gasteiger partial charge in [0.2, 0.25) is 5.78 Å². The van der Waals surface area contributed by atoms with Gasteiger partial charge in [-0.05, 0) is 31.3 Å². The molecule has 5 heteroatoms. The second-order valence-electron chi connectivity index (χ2n) is 4.53. The predicted molar refractivity (Wildman–Crippen MR) is 71.3 cm³/mol. The highest BCUT2D eigenvalue weighted by Gasteiger charge is 2.15. The summed E-state index contributed by atoms with van der Waals surface area (Å²) in [7, 11) is 0. The van der Waals surface area contributed by atoms with Gasteiger partial charge >= 0.3 is 0 Å². The third kappa shape index (κ3) is 3.92. The van der Waals surface area contributed by atoms with E-state index in [9.17, 15) is 9.90 Å². The van der Waals surface area contributed by atoms with Gasteiger partial charge in [0.05, 0.1) is 5.70 Å². The predicted octanol–water partition coefficient (Wildman–Crippen LogP) is 1.27. The van der Waals surface area contributed by atoms with Crippen LogP contribution < -0.4 is 16.6 Å². The number of ketones is 1. The number of aliphatic hydroxyl groups is 1. The zero-order valence-corrected chi connectivity index (χ0v) is 10.7. The molecule has 1 aliphatic rings. The molecule has 1 atom stereocenters. The lowest BCUT2D eigenvalue weighted by Crippen LogP contribution is -2.32. The fourth-order valence-electron chi connectivity index (χ4n) is 1.76. The number of carbonyl (C=O) groups is 1. The monoisotopic (exact) mass is 251 g/mol. The van der Waals surface area contributed by atoms with E-state index in [1.807, 2.05) is 0 Å². The van der Waals surface area contributed by atoms with Crippen molar-refractivity contribution in [3.63, 3.8) is 0 Å². The molecule has 1 rings (SSSR count). The fourth-order valence-corrected chi connectivity index (χ4v) is 1.76. The molecule has 1 aliphatic heterocycles. The molecular formula is C13H21N3O2. The maximum absolute atomic E-state index is 11.7. The van der Waals surface area contributed by atoms with Crippen molar-refractivity contribution in [2.24, 2.45) is 11.8 Å². The van der Waals surface area contributed by atoms with Crippen molar-refractivity contribution in [1.82, 2.24) is 10.7 Å². The van der Waals surface area contributed by atoms with Crippen LogP contribution in [0.2, 0.25) is 0 Å². The Hall–Kier alpha value is -1.75. The molecule has 0 fully saturated rings. The van der Waals surface area contributed by atoms with Crippen molar-refractivity contribution >= 4 is 5.78 Å². The molecule has 5 nitrogen and oxygen atoms in total. The minimum absolute atomic E-state index is 0.137. The van der Waals surface area contributed by atoms with Crippen LogP contribution in [0.25, 0.3) is 0 Å². The molecular weight excluding hydrogens is 230 g/mol. The summed E-state index contributed by atoms with van der Waals surface area (Å²) in [5.74, 6) is 4.92. The quantitative estimate of drug-likeness (QED) is 0.416. The first-order valence-corrected chi connectivity index (χ1v) is 6.10. The lowest BCUT2D eigenvalue weighted by molar-refractivity contribution is -0.113. The minimum atomic E-state index is -0.473. The summed E-state index contributed by atoms with van der Waals surface area (Å²) in [6, 6.07) is 0. The Balaban J connectivity index is 2.96. The molecule has 0 saturated carbocycles. The number of aliphatic hydroxyl groups excluding tert-OH is 1. The molecule has 1 heterocycles. The van der Waals surface area contributed by atoms with Crippen LogP contribution >= 0.6 is 0 Å². The van der Waals surface area contributed by atoms with Crippen LogP contribution in [0.15, 0.2) is 35.9 Å². The lowest BCUT2D eigenvalue weighted by Gasteiger charge is -2.17. The summed E-state index contributed by atoms with van der Waals surface area (Å²) in [6.07, 6.45) is 6.06. The van der Waals surface area contributed by atoms with Gasteiger partial charge < -0.3 is 15.8 Å². The summed E-state index contributed by atoms with van der Waals surface area (Å²) in [4.78, 5) is 11.7. The minimum Gasteiger partial charge on any atom is -0.503 e. The Morgan fingerprint density at radius 2 is 2.33 bits per heavy atom. The molecule has 5 N–H and O–H groups in total. The van der Waals surface area contributed by atoms with Crippen molar-refractivity contribution in [3.05, 3.63) is 35.9 Å². The highest BCUT2D eigenvalue weighted by atomic mass is 16.3. The van der Waals surface area contributed by atoms with Gasteiger partial charge in [-0.2, -0.15) is 0 Å². The number of carbonyl (C=O) groups excluding carboxylic acids is 1. The van der Waals surface area contributed by atoms with E-state index in [1.54, 1.807) is 6.08 Å². The van der Waals surface area contributed by atoms with E-state index in [1.165, 1.54) is 6.08 Å². The van der Waals surface area contributed by atoms with Gasteiger partial charge in [-0.25, -0.2) is 0 Å². The van der Waals surface area contributed by atoms with E-state index in [0.717, 1.165) is 25.8 Å². The Kier molecular flexibility index (Phi) is 5.45. The van der Waals surface area contributed by atoms with E-state index in [-0.39, 0.29) is 5.70 Å². The maximum Gasteiger partial charge on any atom is 0.222 e. The van der Waals surface area contributed by atoms with E-state index >= 15 is 0 Å². The summed E-state index contributed by atoms with van der Waals surface area (Å²) in [5, 5.41) is 12.9. The van der Waals surface area contributed by atoms with E-state index < -0.39 is 11.5 Å². The average molecular weight is 251 g/mol. The lowest BCUT2D eigenvalue weighted by atomic mass is 10.0. The number of hydrogen-bond donors (Lipinski definition) is 4. The third-order valence-corrected chi connectivity index (χ3v) is 2.92. The summed E-state index contributed by atoms with van der Waals surface area (Å²) < 4.78 is 0. The maximum atomic E-state index is 11.7. The molecule has 0 radical (unpaired) electrons. The van der Waals surface area contributed by atoms with Crippen molar-refractivity contribution in [2.75, 3.05) is 6.54 Å².